The van der Waals surface area contributed by atoms with E-state index in [0.717, 1.165) is 50.7 Å². The van der Waals surface area contributed by atoms with Crippen LogP contribution in [0.5, 0.6) is 0 Å². The van der Waals surface area contributed by atoms with E-state index in [1.807, 2.05) is 48.2 Å². The number of nitro groups is 1. The first-order valence-electron chi connectivity index (χ1n) is 14.5. The molecule has 2 aromatic rings. The minimum atomic E-state index is -5.03. The smallest absolute Gasteiger partial charge is 0.378 e. The molecular formula is C31H36F3N5O5. The van der Waals surface area contributed by atoms with Gasteiger partial charge in [-0.05, 0) is 69.1 Å². The van der Waals surface area contributed by atoms with E-state index in [4.69, 9.17) is 0 Å². The van der Waals surface area contributed by atoms with Gasteiger partial charge in [0.25, 0.3) is 23.4 Å². The zero-order valence-corrected chi connectivity index (χ0v) is 25.0. The summed E-state index contributed by atoms with van der Waals surface area (Å²) in [5, 5.41) is 11.1. The third kappa shape index (κ3) is 7.26. The quantitative estimate of drug-likeness (QED) is 0.147. The molecule has 2 aromatic carbocycles. The third-order valence-corrected chi connectivity index (χ3v) is 8.12. The first-order valence-corrected chi connectivity index (χ1v) is 14.5. The number of anilines is 2. The van der Waals surface area contributed by atoms with Crippen LogP contribution in [0.2, 0.25) is 0 Å². The number of rotatable bonds is 11. The van der Waals surface area contributed by atoms with Crippen LogP contribution in [-0.2, 0) is 15.8 Å². The van der Waals surface area contributed by atoms with Gasteiger partial charge in [-0.3, -0.25) is 29.4 Å². The number of benzene rings is 2. The topological polar surface area (TPSA) is 107 Å². The van der Waals surface area contributed by atoms with Gasteiger partial charge in [-0.25, -0.2) is 4.90 Å². The van der Waals surface area contributed by atoms with Crippen LogP contribution in [0.3, 0.4) is 0 Å². The minimum absolute atomic E-state index is 0.0347. The molecule has 0 N–H and O–H groups in total. The van der Waals surface area contributed by atoms with Gasteiger partial charge in [0.2, 0.25) is 0 Å². The number of halogens is 3. The number of imide groups is 1. The number of carbonyl (C=O) groups excluding carboxylic acids is 3. The number of carbonyl (C=O) groups is 3. The molecule has 1 saturated heterocycles. The summed E-state index contributed by atoms with van der Waals surface area (Å²) in [5.41, 5.74) is -0.882. The molecule has 0 saturated carbocycles. The van der Waals surface area contributed by atoms with Crippen LogP contribution in [0.25, 0.3) is 0 Å². The Bertz CT molecular complexity index is 1450. The van der Waals surface area contributed by atoms with Gasteiger partial charge in [0.15, 0.2) is 0 Å². The van der Waals surface area contributed by atoms with E-state index in [1.54, 1.807) is 0 Å². The van der Waals surface area contributed by atoms with Crippen LogP contribution in [0.4, 0.5) is 30.2 Å². The molecule has 44 heavy (non-hydrogen) atoms. The molecule has 13 heteroatoms. The number of piperazine rings is 1. The van der Waals surface area contributed by atoms with Crippen molar-refractivity contribution in [1.82, 2.24) is 9.80 Å². The highest BCUT2D eigenvalue weighted by Crippen LogP contribution is 2.40. The van der Waals surface area contributed by atoms with Gasteiger partial charge in [0.05, 0.1) is 10.6 Å². The van der Waals surface area contributed by atoms with Crippen LogP contribution >= 0.6 is 0 Å². The zero-order chi connectivity index (χ0) is 32.2. The fourth-order valence-electron chi connectivity index (χ4n) is 5.51. The Kier molecular flexibility index (Phi) is 10.1. The molecule has 236 valence electrons. The lowest BCUT2D eigenvalue weighted by atomic mass is 10.0. The molecule has 0 aliphatic carbocycles. The van der Waals surface area contributed by atoms with Crippen molar-refractivity contribution in [1.29, 1.82) is 0 Å². The van der Waals surface area contributed by atoms with Gasteiger partial charge in [-0.1, -0.05) is 12.8 Å². The van der Waals surface area contributed by atoms with Crippen LogP contribution in [0.1, 0.15) is 54.9 Å². The van der Waals surface area contributed by atoms with Gasteiger partial charge in [-0.15, -0.1) is 0 Å². The summed E-state index contributed by atoms with van der Waals surface area (Å²) in [6, 6.07) is 9.70. The molecule has 0 unspecified atom stereocenters. The van der Waals surface area contributed by atoms with Gasteiger partial charge in [-0.2, -0.15) is 13.2 Å². The second kappa shape index (κ2) is 13.6. The summed E-state index contributed by atoms with van der Waals surface area (Å²) in [7, 11) is 3.90. The highest BCUT2D eigenvalue weighted by atomic mass is 19.4. The molecule has 0 spiro atoms. The van der Waals surface area contributed by atoms with Crippen molar-refractivity contribution in [2.24, 2.45) is 0 Å². The van der Waals surface area contributed by atoms with Crippen molar-refractivity contribution in [2.75, 3.05) is 56.6 Å². The van der Waals surface area contributed by atoms with E-state index < -0.39 is 34.2 Å². The SMILES string of the molecule is CC1=C(CCCCCCN2CCN(C(=O)c3ccc(N(C)C)cc3)CC2)C(=O)N(c2ccc([N+](=O)[O-])c(C(F)(F)F)c2)C1=O. The normalized spacial score (nSPS) is 16.2. The van der Waals surface area contributed by atoms with Crippen molar-refractivity contribution in [3.63, 3.8) is 0 Å². The van der Waals surface area contributed by atoms with Crippen LogP contribution < -0.4 is 9.80 Å². The maximum Gasteiger partial charge on any atom is 0.423 e. The third-order valence-electron chi connectivity index (χ3n) is 8.12. The number of nitrogens with zero attached hydrogens (tertiary/aromatic N) is 5. The molecule has 2 heterocycles. The summed E-state index contributed by atoms with van der Waals surface area (Å²) in [5.74, 6) is -1.39. The Hall–Kier alpha value is -4.26. The predicted octanol–water partition coefficient (Wildman–Crippen LogP) is 5.28. The van der Waals surface area contributed by atoms with E-state index in [0.29, 0.717) is 48.5 Å². The first-order chi connectivity index (χ1) is 20.8. The predicted molar refractivity (Wildman–Crippen MR) is 159 cm³/mol. The summed E-state index contributed by atoms with van der Waals surface area (Å²) in [4.78, 5) is 55.4. The van der Waals surface area contributed by atoms with Gasteiger partial charge >= 0.3 is 6.18 Å². The number of unbranched alkanes of at least 4 members (excludes halogenated alkanes) is 3. The van der Waals surface area contributed by atoms with E-state index in [9.17, 15) is 37.7 Å². The van der Waals surface area contributed by atoms with Crippen molar-refractivity contribution >= 4 is 34.8 Å². The average molecular weight is 616 g/mol. The van der Waals surface area contributed by atoms with Gasteiger partial charge in [0, 0.05) is 68.7 Å². The lowest BCUT2D eigenvalue weighted by molar-refractivity contribution is -0.388. The first kappa shape index (κ1) is 32.6. The number of amides is 3. The van der Waals surface area contributed by atoms with E-state index in [1.165, 1.54) is 6.92 Å². The number of nitro benzene ring substituents is 1. The van der Waals surface area contributed by atoms with E-state index in [2.05, 4.69) is 4.90 Å². The standard InChI is InChI=1S/C31H36F3N5O5/c1-21-25(30(42)38(28(21)40)24-13-14-27(39(43)44)26(20-24)31(32,33)34)8-6-4-5-7-15-36-16-18-37(19-17-36)29(41)22-9-11-23(12-10-22)35(2)3/h9-14,20H,4-8,15-19H2,1-3H3. The van der Waals surface area contributed by atoms with Crippen molar-refractivity contribution in [3.8, 4) is 0 Å². The number of hydrogen-bond donors (Lipinski definition) is 0. The molecule has 10 nitrogen and oxygen atoms in total. The lowest BCUT2D eigenvalue weighted by Gasteiger charge is -2.34. The largest absolute Gasteiger partial charge is 0.423 e. The molecular weight excluding hydrogens is 579 g/mol. The summed E-state index contributed by atoms with van der Waals surface area (Å²) in [6.45, 7) is 5.25. The Morgan fingerprint density at radius 1 is 0.932 bits per heavy atom. The fraction of sp³-hybridized carbons (Fsp3) is 0.452. The molecule has 2 aliphatic heterocycles. The van der Waals surface area contributed by atoms with Crippen molar-refractivity contribution in [2.45, 2.75) is 45.2 Å². The monoisotopic (exact) mass is 615 g/mol. The summed E-state index contributed by atoms with van der Waals surface area (Å²) in [6.07, 6.45) is -1.47. The van der Waals surface area contributed by atoms with Crippen LogP contribution in [-0.4, -0.2) is 79.3 Å². The van der Waals surface area contributed by atoms with Gasteiger partial charge < -0.3 is 9.80 Å². The Morgan fingerprint density at radius 3 is 2.16 bits per heavy atom. The molecule has 0 radical (unpaired) electrons. The van der Waals surface area contributed by atoms with Crippen molar-refractivity contribution in [3.05, 3.63) is 74.9 Å². The summed E-state index contributed by atoms with van der Waals surface area (Å²) < 4.78 is 40.3. The van der Waals surface area contributed by atoms with Crippen LogP contribution in [0, 0.1) is 10.1 Å². The summed E-state index contributed by atoms with van der Waals surface area (Å²) >= 11 is 0. The lowest BCUT2D eigenvalue weighted by Crippen LogP contribution is -2.48. The molecule has 0 atom stereocenters. The van der Waals surface area contributed by atoms with Gasteiger partial charge in [0.1, 0.15) is 5.56 Å². The Balaban J connectivity index is 1.21. The van der Waals surface area contributed by atoms with E-state index >= 15 is 0 Å². The van der Waals surface area contributed by atoms with Crippen LogP contribution in [0.15, 0.2) is 53.6 Å². The highest BCUT2D eigenvalue weighted by molar-refractivity contribution is 6.32. The molecule has 0 aromatic heterocycles. The minimum Gasteiger partial charge on any atom is -0.378 e. The highest BCUT2D eigenvalue weighted by Gasteiger charge is 2.42. The molecule has 1 fully saturated rings. The Morgan fingerprint density at radius 2 is 1.57 bits per heavy atom. The van der Waals surface area contributed by atoms with E-state index in [-0.39, 0.29) is 22.7 Å². The average Bonchev–Trinajstić information content (AvgIpc) is 3.20. The Labute approximate surface area is 253 Å². The number of hydrogen-bond acceptors (Lipinski definition) is 7. The molecule has 0 bridgehead atoms. The molecule has 3 amide bonds. The number of alkyl halides is 3. The fourth-order valence-corrected chi connectivity index (χ4v) is 5.51. The molecule has 2 aliphatic rings. The second-order valence-corrected chi connectivity index (χ2v) is 11.2. The van der Waals surface area contributed by atoms with Crippen molar-refractivity contribution < 1.29 is 32.5 Å². The second-order valence-electron chi connectivity index (χ2n) is 11.2. The zero-order valence-electron chi connectivity index (χ0n) is 25.0. The maximum absolute atomic E-state index is 13.4. The molecule has 4 rings (SSSR count). The maximum atomic E-state index is 13.4.